The molecule has 0 bridgehead atoms. The van der Waals surface area contributed by atoms with Crippen molar-refractivity contribution in [2.45, 2.75) is 39.0 Å². The Morgan fingerprint density at radius 2 is 2.21 bits per heavy atom. The van der Waals surface area contributed by atoms with Gasteiger partial charge in [-0.15, -0.1) is 0 Å². The second kappa shape index (κ2) is 7.38. The van der Waals surface area contributed by atoms with Crippen LogP contribution in [0.4, 0.5) is 0 Å². The van der Waals surface area contributed by atoms with Crippen LogP contribution in [0.25, 0.3) is 0 Å². The fourth-order valence-electron chi connectivity index (χ4n) is 3.19. The molecule has 1 aliphatic carbocycles. The van der Waals surface area contributed by atoms with Gasteiger partial charge >= 0.3 is 0 Å². The molecule has 2 aromatic heterocycles. The van der Waals surface area contributed by atoms with Crippen molar-refractivity contribution in [3.63, 3.8) is 0 Å². The van der Waals surface area contributed by atoms with E-state index < -0.39 is 0 Å². The van der Waals surface area contributed by atoms with Crippen molar-refractivity contribution in [2.24, 2.45) is 5.92 Å². The van der Waals surface area contributed by atoms with Crippen LogP contribution in [0.2, 0.25) is 0 Å². The van der Waals surface area contributed by atoms with Crippen LogP contribution in [-0.2, 0) is 24.1 Å². The molecule has 6 heteroatoms. The normalized spacial score (nSPS) is 17.0. The number of carbonyl (C=O) groups excluding carboxylic acids is 1. The lowest BCUT2D eigenvalue weighted by atomic mass is 9.99. The zero-order valence-electron chi connectivity index (χ0n) is 13.8. The van der Waals surface area contributed by atoms with E-state index in [0.717, 1.165) is 29.7 Å². The van der Waals surface area contributed by atoms with E-state index in [0.29, 0.717) is 31.6 Å². The van der Waals surface area contributed by atoms with E-state index >= 15 is 0 Å². The molecule has 3 rings (SSSR count). The molecular weight excluding hydrogens is 304 g/mol. The summed E-state index contributed by atoms with van der Waals surface area (Å²) in [5, 5.41) is 3.01. The third kappa shape index (κ3) is 3.88. The molecule has 2 N–H and O–H groups in total. The molecule has 126 valence electrons. The predicted molar refractivity (Wildman–Crippen MR) is 90.7 cm³/mol. The number of aromatic nitrogens is 3. The van der Waals surface area contributed by atoms with Gasteiger partial charge in [0, 0.05) is 30.4 Å². The van der Waals surface area contributed by atoms with Crippen LogP contribution in [-0.4, -0.2) is 27.4 Å². The van der Waals surface area contributed by atoms with Gasteiger partial charge in [-0.05, 0) is 50.7 Å². The Bertz CT molecular complexity index is 770. The summed E-state index contributed by atoms with van der Waals surface area (Å²) in [6, 6.07) is 3.90. The zero-order chi connectivity index (χ0) is 16.9. The summed E-state index contributed by atoms with van der Waals surface area (Å²) in [7, 11) is 0. The third-order valence-electron chi connectivity index (χ3n) is 4.50. The molecule has 0 radical (unpaired) electrons. The molecule has 0 saturated carbocycles. The average molecular weight is 326 g/mol. The van der Waals surface area contributed by atoms with E-state index in [1.54, 1.807) is 13.1 Å². The number of hydrogen-bond donors (Lipinski definition) is 2. The summed E-state index contributed by atoms with van der Waals surface area (Å²) in [6.45, 7) is 2.39. The molecule has 1 aliphatic rings. The van der Waals surface area contributed by atoms with Crippen molar-refractivity contribution < 1.29 is 4.79 Å². The van der Waals surface area contributed by atoms with Crippen LogP contribution in [0.15, 0.2) is 29.3 Å². The molecule has 1 unspecified atom stereocenters. The van der Waals surface area contributed by atoms with Crippen molar-refractivity contribution in [3.05, 3.63) is 57.5 Å². The number of fused-ring (bicyclic) bond motifs is 1. The average Bonchev–Trinajstić information content (AvgIpc) is 2.78. The summed E-state index contributed by atoms with van der Waals surface area (Å²) in [5.74, 6) is 0.644. The van der Waals surface area contributed by atoms with E-state index in [4.69, 9.17) is 0 Å². The summed E-state index contributed by atoms with van der Waals surface area (Å²) < 4.78 is 0. The minimum absolute atomic E-state index is 0.0601. The Morgan fingerprint density at radius 1 is 1.38 bits per heavy atom. The minimum atomic E-state index is -0.0622. The first-order valence-corrected chi connectivity index (χ1v) is 8.39. The summed E-state index contributed by atoms with van der Waals surface area (Å²) in [6.07, 6.45) is 7.05. The SMILES string of the molecule is Cc1nc2c(c(=O)[nH]1)CCC(C(=O)NCCc1cccnc1)CC2. The van der Waals surface area contributed by atoms with E-state index in [2.05, 4.69) is 20.3 Å². The maximum Gasteiger partial charge on any atom is 0.254 e. The Kier molecular flexibility index (Phi) is 5.03. The van der Waals surface area contributed by atoms with Gasteiger partial charge in [0.2, 0.25) is 5.91 Å². The maximum absolute atomic E-state index is 12.4. The van der Waals surface area contributed by atoms with Gasteiger partial charge in [0.15, 0.2) is 0 Å². The molecule has 0 aliphatic heterocycles. The Labute approximate surface area is 140 Å². The van der Waals surface area contributed by atoms with Gasteiger partial charge in [-0.25, -0.2) is 4.98 Å². The molecule has 0 saturated heterocycles. The minimum Gasteiger partial charge on any atom is -0.356 e. The second-order valence-electron chi connectivity index (χ2n) is 6.25. The van der Waals surface area contributed by atoms with Crippen molar-refractivity contribution in [1.29, 1.82) is 0 Å². The lowest BCUT2D eigenvalue weighted by Crippen LogP contribution is -2.32. The standard InChI is InChI=1S/C18H22N4O2/c1-12-21-16-7-5-14(4-6-15(16)18(24)22-12)17(23)20-10-8-13-3-2-9-19-11-13/h2-3,9,11,14H,4-8,10H2,1H3,(H,20,23)(H,21,22,24). The number of nitrogens with zero attached hydrogens (tertiary/aromatic N) is 2. The molecule has 1 atom stereocenters. The van der Waals surface area contributed by atoms with Crippen molar-refractivity contribution in [3.8, 4) is 0 Å². The molecule has 2 heterocycles. The molecule has 6 nitrogen and oxygen atoms in total. The Hall–Kier alpha value is -2.50. The fraction of sp³-hybridized carbons (Fsp3) is 0.444. The van der Waals surface area contributed by atoms with Gasteiger partial charge in [-0.3, -0.25) is 14.6 Å². The van der Waals surface area contributed by atoms with E-state index in [-0.39, 0.29) is 17.4 Å². The summed E-state index contributed by atoms with van der Waals surface area (Å²) >= 11 is 0. The van der Waals surface area contributed by atoms with Crippen LogP contribution >= 0.6 is 0 Å². The molecule has 2 aromatic rings. The number of rotatable bonds is 4. The highest BCUT2D eigenvalue weighted by molar-refractivity contribution is 5.78. The third-order valence-corrected chi connectivity index (χ3v) is 4.50. The first kappa shape index (κ1) is 16.4. The number of pyridine rings is 1. The first-order valence-electron chi connectivity index (χ1n) is 8.39. The number of H-pyrrole nitrogens is 1. The highest BCUT2D eigenvalue weighted by Crippen LogP contribution is 2.21. The van der Waals surface area contributed by atoms with Crippen molar-refractivity contribution in [2.75, 3.05) is 6.54 Å². The van der Waals surface area contributed by atoms with E-state index in [1.807, 2.05) is 18.3 Å². The van der Waals surface area contributed by atoms with Crippen LogP contribution in [0.1, 0.15) is 35.5 Å². The van der Waals surface area contributed by atoms with Gasteiger partial charge < -0.3 is 10.3 Å². The monoisotopic (exact) mass is 326 g/mol. The molecule has 1 amide bonds. The molecular formula is C18H22N4O2. The lowest BCUT2D eigenvalue weighted by molar-refractivity contribution is -0.125. The van der Waals surface area contributed by atoms with Crippen molar-refractivity contribution in [1.82, 2.24) is 20.3 Å². The number of amides is 1. The number of aromatic amines is 1. The van der Waals surface area contributed by atoms with Gasteiger partial charge in [0.25, 0.3) is 5.56 Å². The lowest BCUT2D eigenvalue weighted by Gasteiger charge is -2.13. The molecule has 0 fully saturated rings. The number of carbonyl (C=O) groups is 1. The quantitative estimate of drug-likeness (QED) is 0.830. The second-order valence-corrected chi connectivity index (χ2v) is 6.25. The van der Waals surface area contributed by atoms with Crippen LogP contribution in [0.5, 0.6) is 0 Å². The molecule has 24 heavy (non-hydrogen) atoms. The summed E-state index contributed by atoms with van der Waals surface area (Å²) in [4.78, 5) is 35.7. The molecule has 0 aromatic carbocycles. The van der Waals surface area contributed by atoms with Gasteiger partial charge in [0.1, 0.15) is 5.82 Å². The van der Waals surface area contributed by atoms with Crippen molar-refractivity contribution >= 4 is 5.91 Å². The Morgan fingerprint density at radius 3 is 3.00 bits per heavy atom. The number of nitrogens with one attached hydrogen (secondary N) is 2. The first-order chi connectivity index (χ1) is 11.6. The Balaban J connectivity index is 1.56. The predicted octanol–water partition coefficient (Wildman–Crippen LogP) is 1.33. The maximum atomic E-state index is 12.4. The number of aryl methyl sites for hydroxylation is 2. The number of hydrogen-bond acceptors (Lipinski definition) is 4. The highest BCUT2D eigenvalue weighted by Gasteiger charge is 2.24. The van der Waals surface area contributed by atoms with Crippen LogP contribution < -0.4 is 10.9 Å². The smallest absolute Gasteiger partial charge is 0.254 e. The summed E-state index contributed by atoms with van der Waals surface area (Å²) in [5.41, 5.74) is 2.64. The fourth-order valence-corrected chi connectivity index (χ4v) is 3.19. The van der Waals surface area contributed by atoms with E-state index in [9.17, 15) is 9.59 Å². The van der Waals surface area contributed by atoms with Gasteiger partial charge in [0.05, 0.1) is 5.69 Å². The van der Waals surface area contributed by atoms with Crippen LogP contribution in [0.3, 0.4) is 0 Å². The highest BCUT2D eigenvalue weighted by atomic mass is 16.2. The molecule has 0 spiro atoms. The van der Waals surface area contributed by atoms with E-state index in [1.165, 1.54) is 0 Å². The van der Waals surface area contributed by atoms with Gasteiger partial charge in [-0.1, -0.05) is 6.07 Å². The topological polar surface area (TPSA) is 87.7 Å². The van der Waals surface area contributed by atoms with Crippen LogP contribution in [0, 0.1) is 12.8 Å². The zero-order valence-corrected chi connectivity index (χ0v) is 13.8. The van der Waals surface area contributed by atoms with Gasteiger partial charge in [-0.2, -0.15) is 0 Å². The largest absolute Gasteiger partial charge is 0.356 e.